The molecule has 0 bridgehead atoms. The minimum Gasteiger partial charge on any atom is -0.461 e. The Morgan fingerprint density at radius 3 is 2.58 bits per heavy atom. The lowest BCUT2D eigenvalue weighted by atomic mass is 10.2. The van der Waals surface area contributed by atoms with Crippen molar-refractivity contribution < 1.29 is 4.12 Å². The lowest BCUT2D eigenvalue weighted by Gasteiger charge is -2.06. The van der Waals surface area contributed by atoms with Crippen molar-refractivity contribution >= 4 is 19.5 Å². The Kier molecular flexibility index (Phi) is 4.00. The molecule has 1 aromatic rings. The van der Waals surface area contributed by atoms with E-state index in [1.54, 1.807) is 0 Å². The van der Waals surface area contributed by atoms with Crippen molar-refractivity contribution in [3.05, 3.63) is 48.2 Å². The molecule has 1 rings (SSSR count). The predicted molar refractivity (Wildman–Crippen MR) is 57.1 cm³/mol. The number of hydrogen-bond acceptors (Lipinski definition) is 1. The molecule has 12 heavy (non-hydrogen) atoms. The third kappa shape index (κ3) is 2.77. The fourth-order valence-electron chi connectivity index (χ4n) is 1.02. The van der Waals surface area contributed by atoms with Crippen molar-refractivity contribution in [2.45, 2.75) is 6.04 Å². The van der Waals surface area contributed by atoms with Crippen LogP contribution in [-0.2, 0) is 10.2 Å². The van der Waals surface area contributed by atoms with Crippen molar-refractivity contribution in [2.75, 3.05) is 0 Å². The van der Waals surface area contributed by atoms with Crippen LogP contribution in [-0.4, -0.2) is 19.5 Å². The van der Waals surface area contributed by atoms with Gasteiger partial charge in [0.15, 0.2) is 0 Å². The van der Waals surface area contributed by atoms with Gasteiger partial charge in [-0.15, -0.1) is 6.58 Å². The fraction of sp³-hybridized carbons (Fsp3) is 0.111. The topological polar surface area (TPSA) is 9.23 Å². The van der Waals surface area contributed by atoms with E-state index in [9.17, 15) is 0 Å². The molecule has 0 aromatic heterocycles. The predicted octanol–water partition coefficient (Wildman–Crippen LogP) is 0.782. The zero-order chi connectivity index (χ0) is 8.81. The van der Waals surface area contributed by atoms with Gasteiger partial charge in [-0.05, 0) is 11.6 Å². The normalized spacial score (nSPS) is 10.4. The Morgan fingerprint density at radius 2 is 2.08 bits per heavy atom. The maximum atomic E-state index is 5.43. The Labute approximate surface area is 78.3 Å². The molecule has 0 unspecified atom stereocenters. The van der Waals surface area contributed by atoms with Crippen molar-refractivity contribution in [3.63, 3.8) is 0 Å². The maximum absolute atomic E-state index is 5.43. The molecule has 0 N–H and O–H groups in total. The standard InChI is InChI=1S/C9H13OSi2/c1-2-12(10-11)8-9-6-4-3-5-7-9/h2-7H,1,8H2,11H3. The van der Waals surface area contributed by atoms with Gasteiger partial charge in [-0.3, -0.25) is 0 Å². The second-order valence-electron chi connectivity index (χ2n) is 2.54. The summed E-state index contributed by atoms with van der Waals surface area (Å²) < 4.78 is 5.43. The average Bonchev–Trinajstić information content (AvgIpc) is 2.16. The van der Waals surface area contributed by atoms with E-state index in [4.69, 9.17) is 4.12 Å². The van der Waals surface area contributed by atoms with Crippen LogP contribution in [0, 0.1) is 0 Å². The van der Waals surface area contributed by atoms with E-state index in [-0.39, 0.29) is 0 Å². The second kappa shape index (κ2) is 5.08. The highest BCUT2D eigenvalue weighted by Gasteiger charge is 2.05. The smallest absolute Gasteiger partial charge is 0.230 e. The number of hydrogen-bond donors (Lipinski definition) is 0. The van der Waals surface area contributed by atoms with Crippen LogP contribution in [0.25, 0.3) is 0 Å². The van der Waals surface area contributed by atoms with E-state index >= 15 is 0 Å². The van der Waals surface area contributed by atoms with E-state index in [2.05, 4.69) is 30.8 Å². The van der Waals surface area contributed by atoms with Crippen LogP contribution in [0.5, 0.6) is 0 Å². The highest BCUT2D eigenvalue weighted by molar-refractivity contribution is 6.60. The summed E-state index contributed by atoms with van der Waals surface area (Å²) in [6, 6.07) is 11.5. The molecule has 0 aliphatic heterocycles. The van der Waals surface area contributed by atoms with Crippen LogP contribution in [0.4, 0.5) is 0 Å². The zero-order valence-corrected chi connectivity index (χ0v) is 10.3. The van der Waals surface area contributed by atoms with E-state index in [1.165, 1.54) is 5.56 Å². The molecule has 3 heteroatoms. The minimum atomic E-state index is -0.750. The van der Waals surface area contributed by atoms with Crippen LogP contribution < -0.4 is 0 Å². The number of benzene rings is 1. The van der Waals surface area contributed by atoms with Crippen molar-refractivity contribution in [1.82, 2.24) is 0 Å². The Hall–Kier alpha value is -0.646. The Balaban J connectivity index is 2.56. The summed E-state index contributed by atoms with van der Waals surface area (Å²) in [7, 11) is 0.0666. The first-order chi connectivity index (χ1) is 5.86. The summed E-state index contributed by atoms with van der Waals surface area (Å²) in [5.74, 6) is 0. The lowest BCUT2D eigenvalue weighted by molar-refractivity contribution is 0.642. The summed E-state index contributed by atoms with van der Waals surface area (Å²) in [5.41, 5.74) is 3.31. The third-order valence-electron chi connectivity index (χ3n) is 1.71. The summed E-state index contributed by atoms with van der Waals surface area (Å²) >= 11 is 0. The maximum Gasteiger partial charge on any atom is 0.230 e. The largest absolute Gasteiger partial charge is 0.461 e. The van der Waals surface area contributed by atoms with Crippen LogP contribution in [0.2, 0.25) is 0 Å². The van der Waals surface area contributed by atoms with Crippen molar-refractivity contribution in [2.24, 2.45) is 0 Å². The first-order valence-corrected chi connectivity index (χ1v) is 6.44. The van der Waals surface area contributed by atoms with Gasteiger partial charge in [-0.25, -0.2) is 0 Å². The molecule has 0 amide bonds. The van der Waals surface area contributed by atoms with Crippen LogP contribution in [0.3, 0.4) is 0 Å². The minimum absolute atomic E-state index is 0.750. The number of rotatable bonds is 4. The lowest BCUT2D eigenvalue weighted by Crippen LogP contribution is -2.17. The Morgan fingerprint density at radius 1 is 1.42 bits per heavy atom. The molecule has 1 radical (unpaired) electrons. The van der Waals surface area contributed by atoms with Gasteiger partial charge in [0.25, 0.3) is 0 Å². The van der Waals surface area contributed by atoms with Crippen LogP contribution in [0.1, 0.15) is 5.56 Å². The third-order valence-corrected chi connectivity index (χ3v) is 5.02. The summed E-state index contributed by atoms with van der Waals surface area (Å²) in [6.07, 6.45) is 0. The Bertz CT molecular complexity index is 236. The highest BCUT2D eigenvalue weighted by Crippen LogP contribution is 2.02. The van der Waals surface area contributed by atoms with Gasteiger partial charge < -0.3 is 4.12 Å². The van der Waals surface area contributed by atoms with Crippen molar-refractivity contribution in [3.8, 4) is 0 Å². The molecule has 0 aliphatic rings. The molecule has 0 saturated heterocycles. The van der Waals surface area contributed by atoms with Crippen LogP contribution >= 0.6 is 0 Å². The first-order valence-electron chi connectivity index (χ1n) is 3.93. The quantitative estimate of drug-likeness (QED) is 0.642. The van der Waals surface area contributed by atoms with Gasteiger partial charge in [0.1, 0.15) is 10.5 Å². The van der Waals surface area contributed by atoms with Gasteiger partial charge in [0, 0.05) is 0 Å². The van der Waals surface area contributed by atoms with E-state index in [0.29, 0.717) is 0 Å². The zero-order valence-electron chi connectivity index (χ0n) is 7.29. The van der Waals surface area contributed by atoms with E-state index < -0.39 is 9.04 Å². The van der Waals surface area contributed by atoms with E-state index in [1.807, 2.05) is 11.8 Å². The van der Waals surface area contributed by atoms with Crippen molar-refractivity contribution in [1.29, 1.82) is 0 Å². The second-order valence-corrected chi connectivity index (χ2v) is 5.86. The molecule has 63 valence electrons. The first kappa shape index (κ1) is 9.44. The van der Waals surface area contributed by atoms with Crippen LogP contribution in [0.15, 0.2) is 42.6 Å². The monoisotopic (exact) mass is 193 g/mol. The molecular formula is C9H13OSi2. The molecule has 0 spiro atoms. The van der Waals surface area contributed by atoms with Gasteiger partial charge >= 0.3 is 0 Å². The highest BCUT2D eigenvalue weighted by atomic mass is 28.3. The van der Waals surface area contributed by atoms with E-state index in [0.717, 1.165) is 16.5 Å². The summed E-state index contributed by atoms with van der Waals surface area (Å²) in [4.78, 5) is 0. The summed E-state index contributed by atoms with van der Waals surface area (Å²) in [6.45, 7) is 3.77. The molecular weight excluding hydrogens is 180 g/mol. The van der Waals surface area contributed by atoms with Gasteiger partial charge in [0.05, 0.1) is 0 Å². The molecule has 1 nitrogen and oxygen atoms in total. The SMILES string of the molecule is C=C[Si](Cc1ccccc1)O[SiH3]. The molecule has 0 saturated carbocycles. The molecule has 1 aromatic carbocycles. The van der Waals surface area contributed by atoms with Gasteiger partial charge in [-0.2, -0.15) is 0 Å². The molecule has 0 atom stereocenters. The average molecular weight is 193 g/mol. The summed E-state index contributed by atoms with van der Waals surface area (Å²) in [5, 5.41) is 0. The fourth-order valence-corrected chi connectivity index (χ4v) is 3.05. The van der Waals surface area contributed by atoms with Gasteiger partial charge in [0.2, 0.25) is 9.04 Å². The van der Waals surface area contributed by atoms with Gasteiger partial charge in [-0.1, -0.05) is 36.0 Å². The molecule has 0 aliphatic carbocycles. The molecule has 0 heterocycles. The molecule has 0 fully saturated rings.